The smallest absolute Gasteiger partial charge is 0.388 e. The molecule has 9 nitrogen and oxygen atoms in total. The fourth-order valence-electron chi connectivity index (χ4n) is 3.73. The minimum atomic E-state index is -4.19. The molecular weight excluding hydrogens is 525 g/mol. The largest absolute Gasteiger partial charge is 0.463 e. The van der Waals surface area contributed by atoms with Crippen molar-refractivity contribution in [1.29, 1.82) is 0 Å². The second kappa shape index (κ2) is 10.1. The van der Waals surface area contributed by atoms with Crippen molar-refractivity contribution in [2.24, 2.45) is 0 Å². The Morgan fingerprint density at radius 2 is 1.87 bits per heavy atom. The summed E-state index contributed by atoms with van der Waals surface area (Å²) in [4.78, 5) is 25.3. The van der Waals surface area contributed by atoms with Crippen LogP contribution in [0, 0.1) is 0 Å². The zero-order valence-corrected chi connectivity index (χ0v) is 20.1. The molecule has 0 fully saturated rings. The lowest BCUT2D eigenvalue weighted by Crippen LogP contribution is -2.23. The van der Waals surface area contributed by atoms with E-state index >= 15 is 0 Å². The normalized spacial score (nSPS) is 11.8. The zero-order chi connectivity index (χ0) is 26.9. The number of benzene rings is 1. The summed E-state index contributed by atoms with van der Waals surface area (Å²) in [5.74, 6) is -0.749. The number of nitrogens with zero attached hydrogens (tertiary/aromatic N) is 3. The van der Waals surface area contributed by atoms with Gasteiger partial charge in [-0.2, -0.15) is 8.78 Å². The lowest BCUT2D eigenvalue weighted by molar-refractivity contribution is -0.0527. The van der Waals surface area contributed by atoms with Crippen LogP contribution in [0.15, 0.2) is 76.4 Å². The second-order valence-corrected chi connectivity index (χ2v) is 9.91. The van der Waals surface area contributed by atoms with Gasteiger partial charge in [0.15, 0.2) is 6.01 Å². The van der Waals surface area contributed by atoms with Crippen LogP contribution in [-0.2, 0) is 16.4 Å². The van der Waals surface area contributed by atoms with E-state index in [1.807, 2.05) is 0 Å². The van der Waals surface area contributed by atoms with E-state index in [0.717, 1.165) is 6.26 Å². The van der Waals surface area contributed by atoms with Crippen molar-refractivity contribution >= 4 is 37.6 Å². The number of carbonyl (C=O) groups is 1. The summed E-state index contributed by atoms with van der Waals surface area (Å²) >= 11 is 0. The Hall–Kier alpha value is -4.52. The van der Waals surface area contributed by atoms with Gasteiger partial charge in [-0.25, -0.2) is 22.8 Å². The van der Waals surface area contributed by atoms with Gasteiger partial charge in [0.05, 0.1) is 29.1 Å². The fraction of sp³-hybridized carbons (Fsp3) is 0.120. The molecule has 0 unspecified atom stereocenters. The molecule has 0 radical (unpaired) electrons. The molecule has 38 heavy (non-hydrogen) atoms. The molecule has 1 amide bonds. The van der Waals surface area contributed by atoms with Crippen molar-refractivity contribution in [3.8, 4) is 17.3 Å². The highest BCUT2D eigenvalue weighted by Gasteiger charge is 2.21. The van der Waals surface area contributed by atoms with Crippen molar-refractivity contribution < 1.29 is 35.5 Å². The molecule has 0 saturated carbocycles. The zero-order valence-electron chi connectivity index (χ0n) is 19.3. The van der Waals surface area contributed by atoms with Crippen LogP contribution in [0.5, 0.6) is 5.88 Å². The number of hydrogen-bond acceptors (Lipinski definition) is 8. The maximum Gasteiger partial charge on any atom is 0.388 e. The highest BCUT2D eigenvalue weighted by Crippen LogP contribution is 2.27. The van der Waals surface area contributed by atoms with Gasteiger partial charge in [-0.15, -0.1) is 0 Å². The number of alkyl halides is 3. The first-order valence-electron chi connectivity index (χ1n) is 11.0. The standard InChI is InChI=1S/C25H17F3N4O5S/c26-13-38(34,35)22-12-36-21-7-5-14(8-17(21)22)24(33)30-11-16-9-20-15(10-29-16)4-6-19(31-20)18-2-1-3-23(32-18)37-25(27)28/h1-10,12,25H,11,13H2,(H,30,33). The number of amides is 1. The Morgan fingerprint density at radius 1 is 1.05 bits per heavy atom. The topological polar surface area (TPSA) is 124 Å². The number of ether oxygens (including phenoxy) is 1. The van der Waals surface area contributed by atoms with Gasteiger partial charge in [0, 0.05) is 28.6 Å². The molecule has 194 valence electrons. The number of pyridine rings is 3. The summed E-state index contributed by atoms with van der Waals surface area (Å²) in [5.41, 5.74) is 2.11. The van der Waals surface area contributed by atoms with Gasteiger partial charge in [0.1, 0.15) is 16.7 Å². The van der Waals surface area contributed by atoms with Crippen molar-refractivity contribution in [3.63, 3.8) is 0 Å². The molecular formula is C25H17F3N4O5S. The lowest BCUT2D eigenvalue weighted by Gasteiger charge is -2.08. The summed E-state index contributed by atoms with van der Waals surface area (Å²) < 4.78 is 71.4. The Labute approximate surface area is 213 Å². The number of hydrogen-bond donors (Lipinski definition) is 1. The highest BCUT2D eigenvalue weighted by atomic mass is 32.2. The molecule has 4 heterocycles. The molecule has 0 bridgehead atoms. The molecule has 0 aliphatic rings. The minimum Gasteiger partial charge on any atom is -0.463 e. The molecule has 0 saturated heterocycles. The van der Waals surface area contributed by atoms with E-state index in [0.29, 0.717) is 28.0 Å². The third-order valence-corrected chi connectivity index (χ3v) is 6.81. The molecule has 5 rings (SSSR count). The van der Waals surface area contributed by atoms with Crippen molar-refractivity contribution in [1.82, 2.24) is 20.3 Å². The molecule has 0 spiro atoms. The van der Waals surface area contributed by atoms with E-state index in [1.165, 1.54) is 30.3 Å². The summed E-state index contributed by atoms with van der Waals surface area (Å²) in [7, 11) is -4.19. The molecule has 5 aromatic rings. The molecule has 4 aromatic heterocycles. The molecule has 0 atom stereocenters. The molecule has 0 aliphatic heterocycles. The maximum absolute atomic E-state index is 13.0. The molecule has 0 aliphatic carbocycles. The summed E-state index contributed by atoms with van der Waals surface area (Å²) in [6.07, 6.45) is 2.52. The number of sulfone groups is 1. The Bertz CT molecular complexity index is 1780. The SMILES string of the molecule is O=C(NCc1cc2nc(-c3cccc(OC(F)F)n3)ccc2cn1)c1ccc2occ(S(=O)(=O)CF)c2c1. The maximum atomic E-state index is 13.0. The van der Waals surface area contributed by atoms with E-state index in [2.05, 4.69) is 25.0 Å². The first kappa shape index (κ1) is 25.1. The van der Waals surface area contributed by atoms with E-state index < -0.39 is 28.4 Å². The molecule has 13 heteroatoms. The van der Waals surface area contributed by atoms with Crippen LogP contribution in [0.25, 0.3) is 33.3 Å². The first-order valence-corrected chi connectivity index (χ1v) is 12.6. The van der Waals surface area contributed by atoms with Crippen LogP contribution in [0.1, 0.15) is 16.1 Å². The van der Waals surface area contributed by atoms with Gasteiger partial charge < -0.3 is 14.5 Å². The van der Waals surface area contributed by atoms with Gasteiger partial charge in [0.25, 0.3) is 5.91 Å². The highest BCUT2D eigenvalue weighted by molar-refractivity contribution is 7.91. The number of carbonyl (C=O) groups excluding carboxylic acids is 1. The van der Waals surface area contributed by atoms with Gasteiger partial charge in [-0.05, 0) is 42.5 Å². The van der Waals surface area contributed by atoms with Crippen molar-refractivity contribution in [2.75, 3.05) is 6.01 Å². The van der Waals surface area contributed by atoms with Crippen LogP contribution in [0.2, 0.25) is 0 Å². The van der Waals surface area contributed by atoms with Crippen LogP contribution in [0.3, 0.4) is 0 Å². The van der Waals surface area contributed by atoms with Gasteiger partial charge in [-0.1, -0.05) is 6.07 Å². The lowest BCUT2D eigenvalue weighted by atomic mass is 10.1. The van der Waals surface area contributed by atoms with Crippen molar-refractivity contribution in [3.05, 3.63) is 78.3 Å². The van der Waals surface area contributed by atoms with Crippen LogP contribution >= 0.6 is 0 Å². The number of aromatic nitrogens is 3. The van der Waals surface area contributed by atoms with Crippen LogP contribution < -0.4 is 10.1 Å². The summed E-state index contributed by atoms with van der Waals surface area (Å²) in [6, 6.07) is 12.1. The summed E-state index contributed by atoms with van der Waals surface area (Å²) in [6.45, 7) is -2.98. The first-order chi connectivity index (χ1) is 18.2. The Kier molecular flexibility index (Phi) is 6.68. The molecule has 1 N–H and O–H groups in total. The van der Waals surface area contributed by atoms with Crippen LogP contribution in [0.4, 0.5) is 13.2 Å². The molecule has 1 aromatic carbocycles. The number of furan rings is 1. The number of rotatable bonds is 8. The minimum absolute atomic E-state index is 0.0235. The third kappa shape index (κ3) is 5.13. The van der Waals surface area contributed by atoms with Gasteiger partial charge >= 0.3 is 6.61 Å². The number of fused-ring (bicyclic) bond motifs is 2. The van der Waals surface area contributed by atoms with Gasteiger partial charge in [-0.3, -0.25) is 9.78 Å². The predicted molar refractivity (Wildman–Crippen MR) is 130 cm³/mol. The van der Waals surface area contributed by atoms with E-state index in [9.17, 15) is 26.4 Å². The second-order valence-electron chi connectivity index (χ2n) is 8.02. The predicted octanol–water partition coefficient (Wildman–Crippen LogP) is 4.67. The van der Waals surface area contributed by atoms with Gasteiger partial charge in [0.2, 0.25) is 15.7 Å². The van der Waals surface area contributed by atoms with E-state index in [-0.39, 0.29) is 33.9 Å². The number of halogens is 3. The monoisotopic (exact) mass is 542 g/mol. The third-order valence-electron chi connectivity index (χ3n) is 5.53. The van der Waals surface area contributed by atoms with Crippen molar-refractivity contribution in [2.45, 2.75) is 18.1 Å². The van der Waals surface area contributed by atoms with E-state index in [1.54, 1.807) is 30.5 Å². The van der Waals surface area contributed by atoms with E-state index in [4.69, 9.17) is 4.42 Å². The fourth-order valence-corrected chi connectivity index (χ4v) is 4.54. The Morgan fingerprint density at radius 3 is 2.66 bits per heavy atom. The summed E-state index contributed by atoms with van der Waals surface area (Å²) in [5, 5.41) is 3.51. The number of nitrogens with one attached hydrogen (secondary N) is 1. The average molecular weight is 542 g/mol. The van der Waals surface area contributed by atoms with Crippen LogP contribution in [-0.4, -0.2) is 41.9 Å². The average Bonchev–Trinajstić information content (AvgIpc) is 3.35. The quantitative estimate of drug-likeness (QED) is 0.300. The Balaban J connectivity index is 1.35.